The van der Waals surface area contributed by atoms with Crippen LogP contribution in [0.3, 0.4) is 0 Å². The van der Waals surface area contributed by atoms with Crippen molar-refractivity contribution in [2.45, 2.75) is 42.4 Å². The second kappa shape index (κ2) is 8.96. The van der Waals surface area contributed by atoms with Gasteiger partial charge >= 0.3 is 6.18 Å². The lowest BCUT2D eigenvalue weighted by Gasteiger charge is -2.16. The van der Waals surface area contributed by atoms with E-state index in [1.807, 2.05) is 11.6 Å². The number of halogens is 3. The minimum atomic E-state index is -4.28. The zero-order valence-corrected chi connectivity index (χ0v) is 19.6. The average Bonchev–Trinajstić information content (AvgIpc) is 3.16. The number of amides is 1. The fourth-order valence-electron chi connectivity index (χ4n) is 5.16. The molecule has 0 radical (unpaired) electrons. The van der Waals surface area contributed by atoms with E-state index in [1.54, 1.807) is 36.0 Å². The van der Waals surface area contributed by atoms with E-state index in [9.17, 15) is 18.0 Å². The lowest BCUT2D eigenvalue weighted by atomic mass is 9.97. The molecule has 1 saturated carbocycles. The molecule has 2 aromatic rings. The summed E-state index contributed by atoms with van der Waals surface area (Å²) in [6.07, 6.45) is 3.90. The molecule has 1 amide bonds. The number of carbonyl (C=O) groups is 1. The predicted molar refractivity (Wildman–Crippen MR) is 124 cm³/mol. The van der Waals surface area contributed by atoms with Crippen LogP contribution in [0.15, 0.2) is 46.6 Å². The van der Waals surface area contributed by atoms with E-state index in [-0.39, 0.29) is 11.3 Å². The van der Waals surface area contributed by atoms with Gasteiger partial charge in [-0.3, -0.25) is 4.79 Å². The number of thioether (sulfide) groups is 1. The Balaban J connectivity index is 1.08. The van der Waals surface area contributed by atoms with Crippen molar-refractivity contribution in [1.82, 2.24) is 19.7 Å². The summed E-state index contributed by atoms with van der Waals surface area (Å²) < 4.78 is 40.3. The van der Waals surface area contributed by atoms with Crippen LogP contribution in [0.4, 0.5) is 13.2 Å². The summed E-state index contributed by atoms with van der Waals surface area (Å²) in [5, 5.41) is 9.23. The van der Waals surface area contributed by atoms with Crippen molar-refractivity contribution in [1.29, 1.82) is 0 Å². The number of aromatic nitrogens is 3. The standard InChI is InChI=1S/C24H26F3N5OS/c1-31-20(18-4-2-10-28-21(18)33)29-30-22(31)34-13-3-11-32-12-9-23(15-32)14-19(23)16-5-7-17(8-6-16)24(25,26)27/h2,4-8,10,18-19H,3,9,11-15H2,1H3/t18?,19-,23+/m1/s1. The van der Waals surface area contributed by atoms with Crippen molar-refractivity contribution in [3.63, 3.8) is 0 Å². The van der Waals surface area contributed by atoms with Gasteiger partial charge in [-0.2, -0.15) is 13.2 Å². The first-order valence-electron chi connectivity index (χ1n) is 11.4. The van der Waals surface area contributed by atoms with Crippen LogP contribution in [0.25, 0.3) is 0 Å². The molecule has 1 unspecified atom stereocenters. The van der Waals surface area contributed by atoms with Crippen molar-refractivity contribution >= 4 is 23.9 Å². The van der Waals surface area contributed by atoms with E-state index in [2.05, 4.69) is 20.1 Å². The molecule has 34 heavy (non-hydrogen) atoms. The topological polar surface area (TPSA) is 63.4 Å². The first-order chi connectivity index (χ1) is 16.3. The van der Waals surface area contributed by atoms with E-state index in [4.69, 9.17) is 0 Å². The maximum Gasteiger partial charge on any atom is 0.416 e. The number of aliphatic imine (C=N–C) groups is 1. The van der Waals surface area contributed by atoms with Gasteiger partial charge in [-0.15, -0.1) is 10.2 Å². The summed E-state index contributed by atoms with van der Waals surface area (Å²) in [7, 11) is 1.87. The van der Waals surface area contributed by atoms with Crippen LogP contribution in [-0.2, 0) is 18.0 Å². The van der Waals surface area contributed by atoms with Gasteiger partial charge in [0.2, 0.25) is 0 Å². The van der Waals surface area contributed by atoms with E-state index in [1.165, 1.54) is 18.3 Å². The summed E-state index contributed by atoms with van der Waals surface area (Å²) in [5.74, 6) is 1.16. The smallest absolute Gasteiger partial charge is 0.308 e. The second-order valence-corrected chi connectivity index (χ2v) is 10.4. The molecule has 180 valence electrons. The largest absolute Gasteiger partial charge is 0.416 e. The number of hydrogen-bond acceptors (Lipinski definition) is 5. The van der Waals surface area contributed by atoms with Crippen LogP contribution >= 0.6 is 11.8 Å². The molecule has 2 fully saturated rings. The molecule has 1 aliphatic carbocycles. The molecule has 5 rings (SSSR count). The van der Waals surface area contributed by atoms with E-state index in [0.29, 0.717) is 11.7 Å². The van der Waals surface area contributed by atoms with Crippen molar-refractivity contribution in [2.24, 2.45) is 17.5 Å². The van der Waals surface area contributed by atoms with E-state index in [0.717, 1.165) is 55.4 Å². The van der Waals surface area contributed by atoms with Crippen LogP contribution in [0.1, 0.15) is 48.0 Å². The fraction of sp³-hybridized carbons (Fsp3) is 0.500. The number of dihydropyridines is 1. The number of likely N-dealkylation sites (tertiary alicyclic amines) is 1. The van der Waals surface area contributed by atoms with Gasteiger partial charge in [0.1, 0.15) is 11.7 Å². The Morgan fingerprint density at radius 1 is 1.21 bits per heavy atom. The molecule has 3 heterocycles. The van der Waals surface area contributed by atoms with Gasteiger partial charge < -0.3 is 9.47 Å². The summed E-state index contributed by atoms with van der Waals surface area (Å²) in [6, 6.07) is 5.72. The number of nitrogens with zero attached hydrogens (tertiary/aromatic N) is 5. The number of carbonyl (C=O) groups excluding carboxylic acids is 1. The SMILES string of the molecule is Cn1c(SCCCN2CC[C@]3(C[C@@H]3c3ccc(C(F)(F)F)cc3)C2)nnc1C1C=CC=NC1=O. The monoisotopic (exact) mass is 489 g/mol. The third kappa shape index (κ3) is 4.57. The molecule has 1 saturated heterocycles. The van der Waals surface area contributed by atoms with Gasteiger partial charge in [-0.1, -0.05) is 30.0 Å². The zero-order chi connectivity index (χ0) is 23.9. The molecule has 3 aliphatic rings. The second-order valence-electron chi connectivity index (χ2n) is 9.35. The van der Waals surface area contributed by atoms with E-state index >= 15 is 0 Å². The highest BCUT2D eigenvalue weighted by molar-refractivity contribution is 7.99. The first-order valence-corrected chi connectivity index (χ1v) is 12.4. The van der Waals surface area contributed by atoms with Crippen LogP contribution in [-0.4, -0.2) is 57.2 Å². The zero-order valence-electron chi connectivity index (χ0n) is 18.8. The van der Waals surface area contributed by atoms with E-state index < -0.39 is 17.7 Å². The molecule has 2 aliphatic heterocycles. The Morgan fingerprint density at radius 2 is 2.00 bits per heavy atom. The molecular weight excluding hydrogens is 463 g/mol. The number of alkyl halides is 3. The lowest BCUT2D eigenvalue weighted by molar-refractivity contribution is -0.137. The van der Waals surface area contributed by atoms with Crippen molar-refractivity contribution in [3.05, 3.63) is 53.4 Å². The number of allylic oxidation sites excluding steroid dienone is 1. The Labute approximate surface area is 200 Å². The Bertz CT molecular complexity index is 1130. The number of benzene rings is 1. The summed E-state index contributed by atoms with van der Waals surface area (Å²) in [5.41, 5.74) is 0.677. The molecule has 6 nitrogen and oxygen atoms in total. The van der Waals surface area contributed by atoms with Crippen LogP contribution < -0.4 is 0 Å². The third-order valence-electron chi connectivity index (χ3n) is 7.15. The highest BCUT2D eigenvalue weighted by atomic mass is 32.2. The van der Waals surface area contributed by atoms with Gasteiger partial charge in [0.05, 0.1) is 5.56 Å². The maximum atomic E-state index is 12.8. The van der Waals surface area contributed by atoms with Gasteiger partial charge in [0, 0.05) is 25.6 Å². The van der Waals surface area contributed by atoms with Crippen molar-refractivity contribution < 1.29 is 18.0 Å². The van der Waals surface area contributed by atoms with Crippen molar-refractivity contribution in [3.8, 4) is 0 Å². The average molecular weight is 490 g/mol. The van der Waals surface area contributed by atoms with Crippen LogP contribution in [0.2, 0.25) is 0 Å². The Morgan fingerprint density at radius 3 is 2.74 bits per heavy atom. The van der Waals surface area contributed by atoms with Crippen LogP contribution in [0.5, 0.6) is 0 Å². The summed E-state index contributed by atoms with van der Waals surface area (Å²) in [6.45, 7) is 3.03. The summed E-state index contributed by atoms with van der Waals surface area (Å²) >= 11 is 1.63. The number of rotatable bonds is 7. The molecule has 3 atom stereocenters. The normalized spacial score (nSPS) is 26.6. The van der Waals surface area contributed by atoms with Gasteiger partial charge in [-0.25, -0.2) is 4.99 Å². The Kier molecular flexibility index (Phi) is 6.14. The maximum absolute atomic E-state index is 12.8. The molecule has 1 aromatic heterocycles. The minimum absolute atomic E-state index is 0.229. The number of hydrogen-bond donors (Lipinski definition) is 0. The fourth-order valence-corrected chi connectivity index (χ4v) is 6.00. The predicted octanol–water partition coefficient (Wildman–Crippen LogP) is 4.45. The molecule has 0 bridgehead atoms. The van der Waals surface area contributed by atoms with Gasteiger partial charge in [0.15, 0.2) is 5.16 Å². The highest BCUT2D eigenvalue weighted by Gasteiger charge is 2.57. The van der Waals surface area contributed by atoms with Gasteiger partial charge in [-0.05, 0) is 67.5 Å². The molecule has 10 heteroatoms. The first kappa shape index (κ1) is 23.3. The molecule has 1 spiro atoms. The Hall–Kier alpha value is -2.46. The van der Waals surface area contributed by atoms with Gasteiger partial charge in [0.25, 0.3) is 5.91 Å². The minimum Gasteiger partial charge on any atom is -0.308 e. The molecule has 1 aromatic carbocycles. The highest BCUT2D eigenvalue weighted by Crippen LogP contribution is 2.64. The van der Waals surface area contributed by atoms with Crippen LogP contribution in [0, 0.1) is 5.41 Å². The lowest BCUT2D eigenvalue weighted by Crippen LogP contribution is -2.23. The third-order valence-corrected chi connectivity index (χ3v) is 8.26. The quantitative estimate of drug-likeness (QED) is 0.425. The molecular formula is C24H26F3N5OS. The van der Waals surface area contributed by atoms with Crippen molar-refractivity contribution in [2.75, 3.05) is 25.4 Å². The summed E-state index contributed by atoms with van der Waals surface area (Å²) in [4.78, 5) is 18.3. The molecule has 0 N–H and O–H groups in total.